The van der Waals surface area contributed by atoms with Gasteiger partial charge < -0.3 is 9.79 Å². The van der Waals surface area contributed by atoms with E-state index in [0.717, 1.165) is 25.8 Å². The first-order valence-corrected chi connectivity index (χ1v) is 12.6. The smallest absolute Gasteiger partial charge is 0.320 e. The van der Waals surface area contributed by atoms with E-state index in [2.05, 4.69) is 47.8 Å². The van der Waals surface area contributed by atoms with E-state index in [9.17, 15) is 13.3 Å². The molecular weight excluding hydrogens is 581 g/mol. The summed E-state index contributed by atoms with van der Waals surface area (Å²) in [6.45, 7) is 1.54. The average molecular weight is 597 g/mol. The zero-order chi connectivity index (χ0) is 19.7. The van der Waals surface area contributed by atoms with Gasteiger partial charge in [-0.2, -0.15) is 20.5 Å². The van der Waals surface area contributed by atoms with Gasteiger partial charge in [0.25, 0.3) is 0 Å². The molecule has 0 aliphatic heterocycles. The lowest BCUT2D eigenvalue weighted by Crippen LogP contribution is -2.34. The van der Waals surface area contributed by atoms with E-state index in [1.807, 2.05) is 18.2 Å². The predicted molar refractivity (Wildman–Crippen MR) is 113 cm³/mol. The first-order valence-electron chi connectivity index (χ1n) is 7.45. The third kappa shape index (κ3) is 5.52. The number of benzene rings is 1. The molecule has 26 heavy (non-hydrogen) atoms. The topological polar surface area (TPSA) is 57.5 Å². The largest absolute Gasteiger partial charge is 0.395 e. The number of hydrogen-bond acceptors (Lipinski definition) is 2. The third-order valence-corrected chi connectivity index (χ3v) is 7.61. The molecule has 2 unspecified atom stereocenters. The van der Waals surface area contributed by atoms with Gasteiger partial charge in [-0.15, -0.1) is 0 Å². The van der Waals surface area contributed by atoms with Crippen LogP contribution in [-0.4, -0.2) is 21.2 Å². The summed E-state index contributed by atoms with van der Waals surface area (Å²) in [7, 11) is -5.55. The van der Waals surface area contributed by atoms with Gasteiger partial charge in [-0.25, -0.2) is 0 Å². The summed E-state index contributed by atoms with van der Waals surface area (Å²) in [5.41, 5.74) is -2.14. The average Bonchev–Trinajstić information content (AvgIpc) is 2.43. The summed E-state index contributed by atoms with van der Waals surface area (Å²) >= 11 is 11.6. The van der Waals surface area contributed by atoms with Gasteiger partial charge in [0.2, 0.25) is 0 Å². The Balaban J connectivity index is 2.05. The zero-order valence-electron chi connectivity index (χ0n) is 13.5. The molecule has 0 amide bonds. The lowest BCUT2D eigenvalue weighted by molar-refractivity contribution is 0.00428. The van der Waals surface area contributed by atoms with E-state index in [4.69, 9.17) is 9.79 Å². The van der Waals surface area contributed by atoms with E-state index in [-0.39, 0.29) is 4.48 Å². The normalized spacial score (nSPS) is 21.4. The number of halogens is 5. The van der Waals surface area contributed by atoms with Gasteiger partial charge >= 0.3 is 13.3 Å². The van der Waals surface area contributed by atoms with Crippen molar-refractivity contribution in [3.8, 4) is 0 Å². The Hall–Kier alpha value is 0.500. The van der Waals surface area contributed by atoms with Crippen molar-refractivity contribution in [3.63, 3.8) is 0 Å². The number of rotatable bonds is 6. The first-order chi connectivity index (χ1) is 11.9. The monoisotopic (exact) mass is 594 g/mol. The summed E-state index contributed by atoms with van der Waals surface area (Å²) in [6, 6.07) is 5.97. The Bertz CT molecular complexity index is 775. The van der Waals surface area contributed by atoms with Gasteiger partial charge in [0.15, 0.2) is 0 Å². The highest BCUT2D eigenvalue weighted by atomic mass is 79.9. The van der Waals surface area contributed by atoms with Crippen LogP contribution in [0, 0.1) is 11.8 Å². The van der Waals surface area contributed by atoms with Crippen LogP contribution in [0.3, 0.4) is 0 Å². The van der Waals surface area contributed by atoms with E-state index < -0.39 is 25.1 Å². The molecule has 0 heterocycles. The van der Waals surface area contributed by atoms with Crippen molar-refractivity contribution in [1.82, 2.24) is 0 Å². The highest BCUT2D eigenvalue weighted by molar-refractivity contribution is 9.11. The van der Waals surface area contributed by atoms with Crippen LogP contribution < -0.4 is 0 Å². The molecule has 2 atom stereocenters. The maximum Gasteiger partial charge on any atom is 0.395 e. The fourth-order valence-corrected chi connectivity index (χ4v) is 6.95. The standard InChI is InChI=1S/C16H16Br3F2O3PS/c1-9-2-10(5-14(19)15(9)16(20,21)25(22,23)24)7-26-8-11-3-12(17)6-13(18)4-11/h2-6,9,15H,7-8H2,1H3,(H2,22,23,24). The van der Waals surface area contributed by atoms with Crippen LogP contribution in [0.25, 0.3) is 0 Å². The van der Waals surface area contributed by atoms with Crippen LogP contribution in [0.15, 0.2) is 49.4 Å². The summed E-state index contributed by atoms with van der Waals surface area (Å²) in [5, 5.41) is 0. The van der Waals surface area contributed by atoms with Gasteiger partial charge in [0.1, 0.15) is 0 Å². The number of alkyl halides is 2. The summed E-state index contributed by atoms with van der Waals surface area (Å²) in [5.74, 6) is -0.916. The highest BCUT2D eigenvalue weighted by Gasteiger charge is 2.57. The Morgan fingerprint density at radius 2 is 1.73 bits per heavy atom. The van der Waals surface area contributed by atoms with Crippen LogP contribution in [0.4, 0.5) is 8.78 Å². The number of allylic oxidation sites excluding steroid dienone is 3. The lowest BCUT2D eigenvalue weighted by atomic mass is 9.87. The highest BCUT2D eigenvalue weighted by Crippen LogP contribution is 2.61. The van der Waals surface area contributed by atoms with Crippen LogP contribution in [-0.2, 0) is 10.3 Å². The summed E-state index contributed by atoms with van der Waals surface area (Å²) < 4.78 is 41.5. The maximum atomic E-state index is 14.1. The second-order valence-electron chi connectivity index (χ2n) is 6.01. The van der Waals surface area contributed by atoms with Gasteiger partial charge in [0.05, 0.1) is 5.92 Å². The molecule has 0 saturated heterocycles. The molecule has 0 fully saturated rings. The molecule has 144 valence electrons. The molecule has 3 nitrogen and oxygen atoms in total. The lowest BCUT2D eigenvalue weighted by Gasteiger charge is -2.33. The molecule has 0 radical (unpaired) electrons. The molecule has 2 N–H and O–H groups in total. The Labute approximate surface area is 180 Å². The van der Waals surface area contributed by atoms with Crippen LogP contribution in [0.5, 0.6) is 0 Å². The minimum absolute atomic E-state index is 0.113. The van der Waals surface area contributed by atoms with E-state index in [0.29, 0.717) is 5.75 Å². The van der Waals surface area contributed by atoms with Gasteiger partial charge in [-0.05, 0) is 41.3 Å². The fourth-order valence-electron chi connectivity index (χ4n) is 2.73. The van der Waals surface area contributed by atoms with Crippen molar-refractivity contribution in [2.75, 3.05) is 5.75 Å². The van der Waals surface area contributed by atoms with Crippen LogP contribution in [0.1, 0.15) is 12.5 Å². The molecule has 2 rings (SSSR count). The molecule has 1 aliphatic carbocycles. The summed E-state index contributed by atoms with van der Waals surface area (Å²) in [6.07, 6.45) is 3.20. The SMILES string of the molecule is CC1C=C(CSCc2cc(Br)cc(Br)c2)C=C(Br)C1C(F)(F)P(=O)(O)O. The quantitative estimate of drug-likeness (QED) is 0.360. The third-order valence-electron chi connectivity index (χ3n) is 3.85. The zero-order valence-corrected chi connectivity index (χ0v) is 20.0. The number of hydrogen-bond donors (Lipinski definition) is 2. The molecule has 1 aromatic rings. The minimum atomic E-state index is -5.55. The maximum absolute atomic E-state index is 14.1. The molecule has 1 aromatic carbocycles. The van der Waals surface area contributed by atoms with E-state index in [1.54, 1.807) is 24.8 Å². The first kappa shape index (κ1) is 22.8. The Morgan fingerprint density at radius 3 is 2.23 bits per heavy atom. The second-order valence-corrected chi connectivity index (χ2v) is 11.4. The molecule has 10 heteroatoms. The number of thioether (sulfide) groups is 1. The molecule has 0 bridgehead atoms. The molecule has 0 aromatic heterocycles. The molecule has 0 spiro atoms. The fraction of sp³-hybridized carbons (Fsp3) is 0.375. The Morgan fingerprint density at radius 1 is 1.15 bits per heavy atom. The van der Waals surface area contributed by atoms with Gasteiger partial charge in [-0.1, -0.05) is 60.8 Å². The van der Waals surface area contributed by atoms with Crippen molar-refractivity contribution in [2.45, 2.75) is 18.3 Å². The predicted octanol–water partition coefficient (Wildman–Crippen LogP) is 6.69. The summed E-state index contributed by atoms with van der Waals surface area (Å²) in [4.78, 5) is 18.0. The van der Waals surface area contributed by atoms with E-state index in [1.165, 1.54) is 6.08 Å². The minimum Gasteiger partial charge on any atom is -0.320 e. The van der Waals surface area contributed by atoms with Crippen molar-refractivity contribution in [1.29, 1.82) is 0 Å². The van der Waals surface area contributed by atoms with Crippen molar-refractivity contribution < 1.29 is 23.1 Å². The van der Waals surface area contributed by atoms with Gasteiger partial charge in [-0.3, -0.25) is 4.57 Å². The van der Waals surface area contributed by atoms with Crippen LogP contribution >= 0.6 is 67.1 Å². The molecule has 1 aliphatic rings. The van der Waals surface area contributed by atoms with Crippen molar-refractivity contribution >= 4 is 67.1 Å². The van der Waals surface area contributed by atoms with Gasteiger partial charge in [0, 0.05) is 24.9 Å². The molecular formula is C16H16Br3F2O3PS. The van der Waals surface area contributed by atoms with Crippen molar-refractivity contribution in [3.05, 3.63) is 54.9 Å². The molecule has 0 saturated carbocycles. The van der Waals surface area contributed by atoms with Crippen LogP contribution in [0.2, 0.25) is 0 Å². The van der Waals surface area contributed by atoms with E-state index >= 15 is 0 Å². The van der Waals surface area contributed by atoms with Crippen molar-refractivity contribution in [2.24, 2.45) is 11.8 Å². The Kier molecular flexibility index (Phi) is 7.79. The second kappa shape index (κ2) is 8.89.